The van der Waals surface area contributed by atoms with Crippen molar-refractivity contribution in [3.8, 4) is 28.0 Å². The van der Waals surface area contributed by atoms with E-state index in [1.807, 2.05) is 30.7 Å². The molecule has 5 heteroatoms. The van der Waals surface area contributed by atoms with Crippen LogP contribution >= 0.6 is 0 Å². The number of pyridine rings is 1. The molecule has 0 aliphatic rings. The second-order valence-electron chi connectivity index (χ2n) is 6.68. The normalized spacial score (nSPS) is 11.2. The third kappa shape index (κ3) is 2.56. The van der Waals surface area contributed by atoms with E-state index in [1.54, 1.807) is 13.2 Å². The van der Waals surface area contributed by atoms with Gasteiger partial charge in [-0.3, -0.25) is 4.79 Å². The Bertz CT molecular complexity index is 1330. The van der Waals surface area contributed by atoms with E-state index >= 15 is 0 Å². The molecule has 0 fully saturated rings. The van der Waals surface area contributed by atoms with E-state index in [9.17, 15) is 4.79 Å². The number of methoxy groups -OCH3 is 1. The molecule has 5 aromatic rings. The molecule has 0 bridgehead atoms. The van der Waals surface area contributed by atoms with Crippen LogP contribution in [0.5, 0.6) is 5.75 Å². The van der Waals surface area contributed by atoms with E-state index in [4.69, 9.17) is 4.74 Å². The number of aromatic nitrogens is 3. The van der Waals surface area contributed by atoms with Gasteiger partial charge in [-0.25, -0.2) is 4.98 Å². The molecular weight excluding hydrogens is 350 g/mol. The highest BCUT2D eigenvalue weighted by molar-refractivity contribution is 5.98. The lowest BCUT2D eigenvalue weighted by Crippen LogP contribution is -1.91. The average molecular weight is 367 g/mol. The zero-order valence-electron chi connectivity index (χ0n) is 15.2. The minimum Gasteiger partial charge on any atom is -0.496 e. The van der Waals surface area contributed by atoms with Crippen molar-refractivity contribution in [3.05, 3.63) is 72.7 Å². The van der Waals surface area contributed by atoms with Crippen molar-refractivity contribution in [1.82, 2.24) is 15.0 Å². The Morgan fingerprint density at radius 3 is 2.71 bits per heavy atom. The molecule has 3 aromatic heterocycles. The van der Waals surface area contributed by atoms with Gasteiger partial charge in [0, 0.05) is 40.6 Å². The Kier molecular flexibility index (Phi) is 3.72. The van der Waals surface area contributed by atoms with Crippen LogP contribution in [0.25, 0.3) is 44.2 Å². The Hall–Kier alpha value is -3.86. The van der Waals surface area contributed by atoms with E-state index in [2.05, 4.69) is 45.3 Å². The van der Waals surface area contributed by atoms with E-state index in [-0.39, 0.29) is 0 Å². The highest BCUT2D eigenvalue weighted by Crippen LogP contribution is 2.33. The van der Waals surface area contributed by atoms with Gasteiger partial charge in [-0.15, -0.1) is 0 Å². The maximum atomic E-state index is 11.2. The summed E-state index contributed by atoms with van der Waals surface area (Å²) in [6.07, 6.45) is 6.56. The largest absolute Gasteiger partial charge is 0.496 e. The van der Waals surface area contributed by atoms with Gasteiger partial charge in [-0.1, -0.05) is 12.1 Å². The minimum absolute atomic E-state index is 0.530. The summed E-state index contributed by atoms with van der Waals surface area (Å²) in [5.74, 6) is 0.555. The first-order valence-electron chi connectivity index (χ1n) is 8.95. The molecule has 136 valence electrons. The maximum Gasteiger partial charge on any atom is 0.153 e. The van der Waals surface area contributed by atoms with Crippen molar-refractivity contribution >= 4 is 28.2 Å². The minimum atomic E-state index is 0.530. The summed E-state index contributed by atoms with van der Waals surface area (Å²) in [5, 5.41) is 2.22. The lowest BCUT2D eigenvalue weighted by molar-refractivity contribution is 0.112. The molecule has 28 heavy (non-hydrogen) atoms. The number of nitrogens with zero attached hydrogens (tertiary/aromatic N) is 1. The molecular formula is C23H17N3O2. The van der Waals surface area contributed by atoms with Crippen molar-refractivity contribution in [2.75, 3.05) is 7.11 Å². The van der Waals surface area contributed by atoms with Gasteiger partial charge in [0.15, 0.2) is 6.29 Å². The first-order chi connectivity index (χ1) is 13.8. The number of rotatable bonds is 4. The predicted octanol–water partition coefficient (Wildman–Crippen LogP) is 5.20. The number of benzene rings is 2. The topological polar surface area (TPSA) is 70.8 Å². The van der Waals surface area contributed by atoms with Gasteiger partial charge in [0.2, 0.25) is 0 Å². The summed E-state index contributed by atoms with van der Waals surface area (Å²) in [4.78, 5) is 22.2. The van der Waals surface area contributed by atoms with Gasteiger partial charge in [0.05, 0.1) is 12.7 Å². The van der Waals surface area contributed by atoms with Gasteiger partial charge in [-0.05, 0) is 52.9 Å². The fourth-order valence-electron chi connectivity index (χ4n) is 3.61. The third-order valence-corrected chi connectivity index (χ3v) is 5.09. The van der Waals surface area contributed by atoms with Crippen LogP contribution < -0.4 is 4.74 Å². The van der Waals surface area contributed by atoms with Crippen LogP contribution in [0, 0.1) is 0 Å². The smallest absolute Gasteiger partial charge is 0.153 e. The number of carbonyl (C=O) groups is 1. The Labute approximate surface area is 161 Å². The number of H-pyrrole nitrogens is 2. The summed E-state index contributed by atoms with van der Waals surface area (Å²) >= 11 is 0. The Morgan fingerprint density at radius 2 is 1.86 bits per heavy atom. The second kappa shape index (κ2) is 6.39. The van der Waals surface area contributed by atoms with Gasteiger partial charge >= 0.3 is 0 Å². The summed E-state index contributed by atoms with van der Waals surface area (Å²) in [6, 6.07) is 16.1. The van der Waals surface area contributed by atoms with Crippen LogP contribution in [-0.4, -0.2) is 28.3 Å². The van der Waals surface area contributed by atoms with Crippen molar-refractivity contribution in [2.24, 2.45) is 0 Å². The van der Waals surface area contributed by atoms with Gasteiger partial charge in [-0.2, -0.15) is 0 Å². The van der Waals surface area contributed by atoms with Gasteiger partial charge in [0.25, 0.3) is 0 Å². The van der Waals surface area contributed by atoms with Gasteiger partial charge in [0.1, 0.15) is 11.4 Å². The highest BCUT2D eigenvalue weighted by Gasteiger charge is 2.11. The second-order valence-corrected chi connectivity index (χ2v) is 6.68. The number of aldehydes is 1. The van der Waals surface area contributed by atoms with Crippen LogP contribution in [-0.2, 0) is 0 Å². The molecule has 0 aliphatic heterocycles. The molecule has 0 aliphatic carbocycles. The standard InChI is InChI=1S/C23H17N3O2/c1-28-22-10-14(2-3-17(22)13-27)18-9-19-20(12-26-23(19)25-11-18)15-4-5-21-16(8-15)6-7-24-21/h2-13,24H,1H3,(H,25,26). The van der Waals surface area contributed by atoms with Crippen LogP contribution in [0.4, 0.5) is 0 Å². The van der Waals surface area contributed by atoms with Crippen LogP contribution in [0.1, 0.15) is 10.4 Å². The highest BCUT2D eigenvalue weighted by atomic mass is 16.5. The Balaban J connectivity index is 1.65. The number of aromatic amines is 2. The molecule has 2 N–H and O–H groups in total. The molecule has 0 amide bonds. The quantitative estimate of drug-likeness (QED) is 0.429. The fourth-order valence-corrected chi connectivity index (χ4v) is 3.61. The first kappa shape index (κ1) is 16.3. The number of fused-ring (bicyclic) bond motifs is 2. The number of hydrogen-bond donors (Lipinski definition) is 2. The van der Waals surface area contributed by atoms with Crippen molar-refractivity contribution in [3.63, 3.8) is 0 Å². The Morgan fingerprint density at radius 1 is 0.964 bits per heavy atom. The van der Waals surface area contributed by atoms with E-state index in [1.165, 1.54) is 5.39 Å². The van der Waals surface area contributed by atoms with Crippen molar-refractivity contribution < 1.29 is 9.53 Å². The predicted molar refractivity (Wildman–Crippen MR) is 111 cm³/mol. The zero-order chi connectivity index (χ0) is 19.1. The molecule has 0 radical (unpaired) electrons. The third-order valence-electron chi connectivity index (χ3n) is 5.09. The van der Waals surface area contributed by atoms with Crippen molar-refractivity contribution in [1.29, 1.82) is 0 Å². The SMILES string of the molecule is COc1cc(-c2cnc3[nH]cc(-c4ccc5[nH]ccc5c4)c3c2)ccc1C=O. The molecule has 3 heterocycles. The lowest BCUT2D eigenvalue weighted by atomic mass is 10.0. The number of ether oxygens (including phenoxy) is 1. The number of carbonyl (C=O) groups excluding carboxylic acids is 1. The summed E-state index contributed by atoms with van der Waals surface area (Å²) in [7, 11) is 1.56. The van der Waals surface area contributed by atoms with E-state index < -0.39 is 0 Å². The van der Waals surface area contributed by atoms with Crippen LogP contribution in [0.15, 0.2) is 67.1 Å². The summed E-state index contributed by atoms with van der Waals surface area (Å²) in [5.41, 5.74) is 6.63. The van der Waals surface area contributed by atoms with E-state index in [0.29, 0.717) is 11.3 Å². The molecule has 0 spiro atoms. The molecule has 0 saturated heterocycles. The molecule has 5 rings (SSSR count). The van der Waals surface area contributed by atoms with Gasteiger partial charge < -0.3 is 14.7 Å². The van der Waals surface area contributed by atoms with Crippen molar-refractivity contribution in [2.45, 2.75) is 0 Å². The van der Waals surface area contributed by atoms with E-state index in [0.717, 1.165) is 45.1 Å². The molecule has 0 saturated carbocycles. The first-order valence-corrected chi connectivity index (χ1v) is 8.95. The summed E-state index contributed by atoms with van der Waals surface area (Å²) < 4.78 is 5.34. The molecule has 0 atom stereocenters. The number of nitrogens with one attached hydrogen (secondary N) is 2. The van der Waals surface area contributed by atoms with Crippen LogP contribution in [0.2, 0.25) is 0 Å². The summed E-state index contributed by atoms with van der Waals surface area (Å²) in [6.45, 7) is 0. The molecule has 5 nitrogen and oxygen atoms in total. The van der Waals surface area contributed by atoms with Crippen LogP contribution in [0.3, 0.4) is 0 Å². The molecule has 2 aromatic carbocycles. The fraction of sp³-hybridized carbons (Fsp3) is 0.0435. The zero-order valence-corrected chi connectivity index (χ0v) is 15.2. The monoisotopic (exact) mass is 367 g/mol. The number of hydrogen-bond acceptors (Lipinski definition) is 3. The maximum absolute atomic E-state index is 11.2. The average Bonchev–Trinajstić information content (AvgIpc) is 3.38. The lowest BCUT2D eigenvalue weighted by Gasteiger charge is -2.08. The molecule has 0 unspecified atom stereocenters.